The van der Waals surface area contributed by atoms with Gasteiger partial charge in [0.2, 0.25) is 0 Å². The molecule has 0 atom stereocenters. The molecule has 0 spiro atoms. The van der Waals surface area contributed by atoms with Gasteiger partial charge >= 0.3 is 6.01 Å². The Balaban J connectivity index is 2.02. The van der Waals surface area contributed by atoms with Crippen molar-refractivity contribution in [3.8, 4) is 41.2 Å². The Morgan fingerprint density at radius 2 is 2.09 bits per heavy atom. The van der Waals surface area contributed by atoms with Gasteiger partial charge in [0.15, 0.2) is 5.65 Å². The van der Waals surface area contributed by atoms with Crippen LogP contribution < -0.4 is 14.2 Å². The van der Waals surface area contributed by atoms with Crippen molar-refractivity contribution in [3.63, 3.8) is 0 Å². The molecule has 2 heterocycles. The molecule has 0 aliphatic carbocycles. The zero-order chi connectivity index (χ0) is 16.2. The van der Waals surface area contributed by atoms with Crippen molar-refractivity contribution in [3.05, 3.63) is 24.4 Å². The van der Waals surface area contributed by atoms with Gasteiger partial charge in [-0.2, -0.15) is 4.98 Å². The molecule has 7 heteroatoms. The second-order valence-corrected chi connectivity index (χ2v) is 4.53. The molecule has 7 nitrogen and oxygen atoms in total. The maximum Gasteiger partial charge on any atom is 0.318 e. The Morgan fingerprint density at radius 3 is 2.83 bits per heavy atom. The van der Waals surface area contributed by atoms with Gasteiger partial charge in [0.1, 0.15) is 29.4 Å². The Bertz CT molecular complexity index is 883. The number of methoxy groups -OCH3 is 2. The van der Waals surface area contributed by atoms with Crippen LogP contribution in [0.25, 0.3) is 22.6 Å². The average molecular weight is 310 g/mol. The molecule has 0 aliphatic heterocycles. The SMILES string of the molecule is C#CCOc1ccc(-c2nc3nc(OC)ncc3[nH]2)c(OC)c1. The lowest BCUT2D eigenvalue weighted by Crippen LogP contribution is -1.95. The fraction of sp³-hybridized carbons (Fsp3) is 0.188. The van der Waals surface area contributed by atoms with Crippen molar-refractivity contribution in [2.45, 2.75) is 0 Å². The first-order valence-corrected chi connectivity index (χ1v) is 6.76. The minimum atomic E-state index is 0.197. The second-order valence-electron chi connectivity index (χ2n) is 4.53. The summed E-state index contributed by atoms with van der Waals surface area (Å²) in [7, 11) is 3.09. The van der Waals surface area contributed by atoms with Crippen LogP contribution in [0.1, 0.15) is 0 Å². The zero-order valence-electron chi connectivity index (χ0n) is 12.7. The Hall–Kier alpha value is -3.27. The molecule has 23 heavy (non-hydrogen) atoms. The number of H-pyrrole nitrogens is 1. The van der Waals surface area contributed by atoms with Gasteiger partial charge in [-0.05, 0) is 12.1 Å². The van der Waals surface area contributed by atoms with Gasteiger partial charge in [-0.25, -0.2) is 9.97 Å². The molecule has 0 saturated heterocycles. The van der Waals surface area contributed by atoms with Crippen LogP contribution in [0.15, 0.2) is 24.4 Å². The smallest absolute Gasteiger partial charge is 0.318 e. The molecule has 116 valence electrons. The fourth-order valence-corrected chi connectivity index (χ4v) is 2.10. The maximum atomic E-state index is 5.41. The molecule has 0 aliphatic rings. The van der Waals surface area contributed by atoms with Crippen molar-refractivity contribution in [2.75, 3.05) is 20.8 Å². The number of rotatable bonds is 5. The quantitative estimate of drug-likeness (QED) is 0.726. The van der Waals surface area contributed by atoms with E-state index in [-0.39, 0.29) is 12.6 Å². The van der Waals surface area contributed by atoms with E-state index in [2.05, 4.69) is 25.9 Å². The molecule has 1 N–H and O–H groups in total. The molecule has 0 unspecified atom stereocenters. The number of fused-ring (bicyclic) bond motifs is 1. The number of hydrogen-bond acceptors (Lipinski definition) is 6. The normalized spacial score (nSPS) is 10.3. The van der Waals surface area contributed by atoms with Crippen molar-refractivity contribution in [2.24, 2.45) is 0 Å². The van der Waals surface area contributed by atoms with Gasteiger partial charge in [-0.15, -0.1) is 6.42 Å². The van der Waals surface area contributed by atoms with E-state index >= 15 is 0 Å². The summed E-state index contributed by atoms with van der Waals surface area (Å²) in [5.41, 5.74) is 1.99. The summed E-state index contributed by atoms with van der Waals surface area (Å²) in [6.45, 7) is 0.197. The molecule has 0 saturated carbocycles. The number of terminal acetylenes is 1. The molecule has 0 amide bonds. The minimum absolute atomic E-state index is 0.197. The molecule has 3 aromatic rings. The summed E-state index contributed by atoms with van der Waals surface area (Å²) >= 11 is 0. The van der Waals surface area contributed by atoms with Crippen LogP contribution >= 0.6 is 0 Å². The Kier molecular flexibility index (Phi) is 3.97. The van der Waals surface area contributed by atoms with Crippen LogP contribution in [-0.2, 0) is 0 Å². The van der Waals surface area contributed by atoms with E-state index in [1.807, 2.05) is 6.07 Å². The highest BCUT2D eigenvalue weighted by Gasteiger charge is 2.13. The maximum absolute atomic E-state index is 5.41. The third-order valence-electron chi connectivity index (χ3n) is 3.15. The Morgan fingerprint density at radius 1 is 1.22 bits per heavy atom. The molecular formula is C16H14N4O3. The predicted molar refractivity (Wildman–Crippen MR) is 84.6 cm³/mol. The van der Waals surface area contributed by atoms with Crippen LogP contribution in [0.4, 0.5) is 0 Å². The van der Waals surface area contributed by atoms with Gasteiger partial charge in [0.05, 0.1) is 26.0 Å². The van der Waals surface area contributed by atoms with Crippen LogP contribution in [0.5, 0.6) is 17.5 Å². The summed E-state index contributed by atoms with van der Waals surface area (Å²) in [4.78, 5) is 15.8. The first kappa shape index (κ1) is 14.7. The summed E-state index contributed by atoms with van der Waals surface area (Å²) in [6.07, 6.45) is 6.81. The van der Waals surface area contributed by atoms with Crippen LogP contribution in [-0.4, -0.2) is 40.8 Å². The topological polar surface area (TPSA) is 82.2 Å². The van der Waals surface area contributed by atoms with E-state index in [4.69, 9.17) is 20.6 Å². The predicted octanol–water partition coefficient (Wildman–Crippen LogP) is 2.05. The Labute approximate surface area is 132 Å². The molecule has 1 aromatic carbocycles. The summed E-state index contributed by atoms with van der Waals surface area (Å²) in [5, 5.41) is 0. The number of ether oxygens (including phenoxy) is 3. The molecule has 3 rings (SSSR count). The lowest BCUT2D eigenvalue weighted by atomic mass is 10.2. The second kappa shape index (κ2) is 6.23. The van der Waals surface area contributed by atoms with Crippen LogP contribution in [0.2, 0.25) is 0 Å². The lowest BCUT2D eigenvalue weighted by molar-refractivity contribution is 0.363. The minimum Gasteiger partial charge on any atom is -0.496 e. The number of imidazole rings is 1. The van der Waals surface area contributed by atoms with Crippen molar-refractivity contribution in [1.29, 1.82) is 0 Å². The van der Waals surface area contributed by atoms with Crippen LogP contribution in [0.3, 0.4) is 0 Å². The third-order valence-corrected chi connectivity index (χ3v) is 3.15. The average Bonchev–Trinajstić information content (AvgIpc) is 3.02. The van der Waals surface area contributed by atoms with Gasteiger partial charge in [-0.1, -0.05) is 5.92 Å². The van der Waals surface area contributed by atoms with E-state index in [1.165, 1.54) is 7.11 Å². The fourth-order valence-electron chi connectivity index (χ4n) is 2.10. The number of nitrogens with one attached hydrogen (secondary N) is 1. The highest BCUT2D eigenvalue weighted by Crippen LogP contribution is 2.32. The summed E-state index contributed by atoms with van der Waals surface area (Å²) < 4.78 is 15.8. The van der Waals surface area contributed by atoms with Gasteiger partial charge in [-0.3, -0.25) is 0 Å². The van der Waals surface area contributed by atoms with Gasteiger partial charge in [0, 0.05) is 6.07 Å². The molecule has 2 aromatic heterocycles. The van der Waals surface area contributed by atoms with Crippen molar-refractivity contribution >= 4 is 11.2 Å². The zero-order valence-corrected chi connectivity index (χ0v) is 12.7. The van der Waals surface area contributed by atoms with E-state index in [9.17, 15) is 0 Å². The molecular weight excluding hydrogens is 296 g/mol. The largest absolute Gasteiger partial charge is 0.496 e. The number of aromatic nitrogens is 4. The standard InChI is InChI=1S/C16H14N4O3/c1-4-7-23-10-5-6-11(13(8-10)21-2)14-18-12-9-17-16(22-3)20-15(12)19-14/h1,5-6,8-9H,7H2,2-3H3,(H,17,18,19,20). The van der Waals surface area contributed by atoms with Gasteiger partial charge in [0.25, 0.3) is 0 Å². The number of hydrogen-bond donors (Lipinski definition) is 1. The van der Waals surface area contributed by atoms with Crippen molar-refractivity contribution < 1.29 is 14.2 Å². The highest BCUT2D eigenvalue weighted by molar-refractivity contribution is 5.77. The molecule has 0 fully saturated rings. The van der Waals surface area contributed by atoms with Crippen LogP contribution in [0, 0.1) is 12.3 Å². The summed E-state index contributed by atoms with van der Waals surface area (Å²) in [5.74, 6) is 4.27. The van der Waals surface area contributed by atoms with E-state index in [1.54, 1.807) is 25.4 Å². The number of nitrogens with zero attached hydrogens (tertiary/aromatic N) is 3. The first-order chi connectivity index (χ1) is 11.2. The number of aromatic amines is 1. The van der Waals surface area contributed by atoms with E-state index in [0.29, 0.717) is 28.5 Å². The van der Waals surface area contributed by atoms with Gasteiger partial charge < -0.3 is 19.2 Å². The summed E-state index contributed by atoms with van der Waals surface area (Å²) in [6, 6.07) is 5.66. The number of benzene rings is 1. The molecule has 0 radical (unpaired) electrons. The highest BCUT2D eigenvalue weighted by atomic mass is 16.5. The lowest BCUT2D eigenvalue weighted by Gasteiger charge is -2.09. The van der Waals surface area contributed by atoms with Crippen molar-refractivity contribution in [1.82, 2.24) is 19.9 Å². The third kappa shape index (κ3) is 2.87. The first-order valence-electron chi connectivity index (χ1n) is 6.76. The van der Waals surface area contributed by atoms with E-state index < -0.39 is 0 Å². The molecule has 0 bridgehead atoms. The van der Waals surface area contributed by atoms with E-state index in [0.717, 1.165) is 5.56 Å². The monoisotopic (exact) mass is 310 g/mol.